The minimum atomic E-state index is -0.349. The van der Waals surface area contributed by atoms with Gasteiger partial charge in [-0.3, -0.25) is 4.99 Å². The number of rotatable bonds is 5. The van der Waals surface area contributed by atoms with Gasteiger partial charge in [0.1, 0.15) is 0 Å². The number of allylic oxidation sites excluding steroid dienone is 1. The third-order valence-electron chi connectivity index (χ3n) is 1.63. The second kappa shape index (κ2) is 5.54. The van der Waals surface area contributed by atoms with Crippen molar-refractivity contribution in [3.63, 3.8) is 0 Å². The Hall–Kier alpha value is -1.09. The van der Waals surface area contributed by atoms with Crippen LogP contribution >= 0.6 is 0 Å². The first-order valence-electron chi connectivity index (χ1n) is 4.29. The van der Waals surface area contributed by atoms with Crippen LogP contribution < -0.4 is 11.1 Å². The van der Waals surface area contributed by atoms with Crippen LogP contribution in [-0.4, -0.2) is 19.3 Å². The smallest absolute Gasteiger partial charge is 0.0366 e. The molecule has 0 saturated heterocycles. The topological polar surface area (TPSA) is 50.4 Å². The molecule has 0 fully saturated rings. The Morgan fingerprint density at radius 2 is 2.31 bits per heavy atom. The Bertz CT molecular complexity index is 214. The van der Waals surface area contributed by atoms with Gasteiger partial charge in [-0.15, -0.1) is 0 Å². The van der Waals surface area contributed by atoms with Gasteiger partial charge in [0.05, 0.1) is 0 Å². The summed E-state index contributed by atoms with van der Waals surface area (Å²) >= 11 is 0. The number of nitrogens with one attached hydrogen (secondary N) is 1. The first-order chi connectivity index (χ1) is 6.02. The van der Waals surface area contributed by atoms with E-state index in [2.05, 4.69) is 17.0 Å². The highest BCUT2D eigenvalue weighted by molar-refractivity contribution is 5.29. The normalized spacial score (nSPS) is 17.1. The molecule has 0 saturated carbocycles. The fraction of sp³-hybridized carbons (Fsp3) is 0.500. The standard InChI is InChI=1S/C10H19N3/c1-9(13-4)8-10(2,11)6-5-7-12-3/h5,7-8,12H,4,6,11H2,1-3H3/b7-5+,9-8+. The molecular formula is C10H19N3. The summed E-state index contributed by atoms with van der Waals surface area (Å²) in [6.07, 6.45) is 6.56. The van der Waals surface area contributed by atoms with Crippen LogP contribution in [0.3, 0.4) is 0 Å². The summed E-state index contributed by atoms with van der Waals surface area (Å²) in [4.78, 5) is 3.79. The highest BCUT2D eigenvalue weighted by atomic mass is 14.8. The summed E-state index contributed by atoms with van der Waals surface area (Å²) in [6.45, 7) is 7.29. The van der Waals surface area contributed by atoms with E-state index in [9.17, 15) is 0 Å². The Balaban J connectivity index is 4.22. The Labute approximate surface area is 80.4 Å². The van der Waals surface area contributed by atoms with E-state index in [1.165, 1.54) is 0 Å². The molecule has 0 spiro atoms. The fourth-order valence-corrected chi connectivity index (χ4v) is 1.01. The summed E-state index contributed by atoms with van der Waals surface area (Å²) in [6, 6.07) is 0. The molecule has 0 aromatic heterocycles. The van der Waals surface area contributed by atoms with Gasteiger partial charge in [0.15, 0.2) is 0 Å². The van der Waals surface area contributed by atoms with Gasteiger partial charge < -0.3 is 11.1 Å². The monoisotopic (exact) mass is 181 g/mol. The third kappa shape index (κ3) is 6.11. The van der Waals surface area contributed by atoms with Crippen molar-refractivity contribution in [1.82, 2.24) is 5.32 Å². The molecule has 3 heteroatoms. The van der Waals surface area contributed by atoms with E-state index in [0.717, 1.165) is 12.1 Å². The largest absolute Gasteiger partial charge is 0.394 e. The van der Waals surface area contributed by atoms with E-state index in [0.29, 0.717) is 0 Å². The van der Waals surface area contributed by atoms with Gasteiger partial charge in [-0.25, -0.2) is 0 Å². The highest BCUT2D eigenvalue weighted by Crippen LogP contribution is 2.11. The third-order valence-corrected chi connectivity index (χ3v) is 1.63. The summed E-state index contributed by atoms with van der Waals surface area (Å²) in [7, 11) is 1.86. The molecule has 0 aliphatic carbocycles. The second-order valence-corrected chi connectivity index (χ2v) is 3.34. The van der Waals surface area contributed by atoms with Gasteiger partial charge >= 0.3 is 0 Å². The molecule has 0 aliphatic heterocycles. The quantitative estimate of drug-likeness (QED) is 0.630. The average Bonchev–Trinajstić information content (AvgIpc) is 2.03. The van der Waals surface area contributed by atoms with E-state index in [1.807, 2.05) is 39.2 Å². The molecule has 0 aromatic rings. The zero-order valence-electron chi connectivity index (χ0n) is 8.67. The molecule has 74 valence electrons. The van der Waals surface area contributed by atoms with Crippen molar-refractivity contribution in [2.45, 2.75) is 25.8 Å². The second-order valence-electron chi connectivity index (χ2n) is 3.34. The van der Waals surface area contributed by atoms with Crippen LogP contribution in [0.5, 0.6) is 0 Å². The van der Waals surface area contributed by atoms with Crippen LogP contribution in [0.2, 0.25) is 0 Å². The molecular weight excluding hydrogens is 162 g/mol. The Kier molecular flexibility index (Phi) is 5.07. The molecule has 0 aromatic carbocycles. The predicted molar refractivity (Wildman–Crippen MR) is 58.7 cm³/mol. The summed E-state index contributed by atoms with van der Waals surface area (Å²) in [5.74, 6) is 0. The lowest BCUT2D eigenvalue weighted by Gasteiger charge is -2.18. The minimum absolute atomic E-state index is 0.349. The minimum Gasteiger partial charge on any atom is -0.394 e. The van der Waals surface area contributed by atoms with E-state index in [4.69, 9.17) is 5.73 Å². The Morgan fingerprint density at radius 1 is 1.69 bits per heavy atom. The Morgan fingerprint density at radius 3 is 2.77 bits per heavy atom. The number of nitrogens with two attached hydrogens (primary N) is 1. The fourth-order valence-electron chi connectivity index (χ4n) is 1.01. The van der Waals surface area contributed by atoms with Gasteiger partial charge in [-0.2, -0.15) is 0 Å². The summed E-state index contributed by atoms with van der Waals surface area (Å²) < 4.78 is 0. The van der Waals surface area contributed by atoms with Crippen LogP contribution in [0.4, 0.5) is 0 Å². The van der Waals surface area contributed by atoms with Crippen LogP contribution in [0.15, 0.2) is 29.0 Å². The lowest BCUT2D eigenvalue weighted by molar-refractivity contribution is 0.588. The number of hydrogen-bond donors (Lipinski definition) is 2. The zero-order chi connectivity index (χ0) is 10.3. The maximum atomic E-state index is 5.99. The molecule has 3 nitrogen and oxygen atoms in total. The predicted octanol–water partition coefficient (Wildman–Crippen LogP) is 1.43. The number of aliphatic imine (C=N–C) groups is 1. The maximum absolute atomic E-state index is 5.99. The molecule has 0 aliphatic rings. The molecule has 0 rings (SSSR count). The summed E-state index contributed by atoms with van der Waals surface area (Å²) in [5.41, 5.74) is 6.51. The van der Waals surface area contributed by atoms with Gasteiger partial charge in [0.25, 0.3) is 0 Å². The number of nitrogens with zero attached hydrogens (tertiary/aromatic N) is 1. The molecule has 0 amide bonds. The van der Waals surface area contributed by atoms with E-state index in [-0.39, 0.29) is 5.54 Å². The molecule has 1 atom stereocenters. The zero-order valence-corrected chi connectivity index (χ0v) is 8.67. The first-order valence-corrected chi connectivity index (χ1v) is 4.29. The van der Waals surface area contributed by atoms with Crippen LogP contribution in [-0.2, 0) is 0 Å². The molecule has 1 unspecified atom stereocenters. The van der Waals surface area contributed by atoms with Gasteiger partial charge in [-0.05, 0) is 39.3 Å². The lowest BCUT2D eigenvalue weighted by atomic mass is 9.98. The average molecular weight is 181 g/mol. The van der Waals surface area contributed by atoms with E-state index < -0.39 is 0 Å². The van der Waals surface area contributed by atoms with Crippen LogP contribution in [0, 0.1) is 0 Å². The van der Waals surface area contributed by atoms with Gasteiger partial charge in [0, 0.05) is 18.3 Å². The molecule has 3 N–H and O–H groups in total. The van der Waals surface area contributed by atoms with Crippen LogP contribution in [0.25, 0.3) is 0 Å². The lowest BCUT2D eigenvalue weighted by Crippen LogP contribution is -2.33. The highest BCUT2D eigenvalue weighted by Gasteiger charge is 2.12. The summed E-state index contributed by atoms with van der Waals surface area (Å²) in [5, 5.41) is 2.92. The molecule has 13 heavy (non-hydrogen) atoms. The van der Waals surface area contributed by atoms with Crippen molar-refractivity contribution < 1.29 is 0 Å². The van der Waals surface area contributed by atoms with Crippen molar-refractivity contribution in [2.24, 2.45) is 10.7 Å². The van der Waals surface area contributed by atoms with E-state index in [1.54, 1.807) is 0 Å². The molecule has 0 bridgehead atoms. The first kappa shape index (κ1) is 11.9. The van der Waals surface area contributed by atoms with Crippen molar-refractivity contribution in [2.75, 3.05) is 7.05 Å². The van der Waals surface area contributed by atoms with Crippen molar-refractivity contribution >= 4 is 6.72 Å². The molecule has 0 radical (unpaired) electrons. The van der Waals surface area contributed by atoms with Crippen molar-refractivity contribution in [3.8, 4) is 0 Å². The van der Waals surface area contributed by atoms with Gasteiger partial charge in [0.2, 0.25) is 0 Å². The molecule has 0 heterocycles. The van der Waals surface area contributed by atoms with Crippen molar-refractivity contribution in [1.29, 1.82) is 0 Å². The number of hydrogen-bond acceptors (Lipinski definition) is 3. The maximum Gasteiger partial charge on any atom is 0.0366 e. The van der Waals surface area contributed by atoms with Crippen molar-refractivity contribution in [3.05, 3.63) is 24.0 Å². The van der Waals surface area contributed by atoms with Gasteiger partial charge in [-0.1, -0.05) is 6.08 Å². The SMILES string of the molecule is C=N/C(C)=C/C(C)(N)C/C=C/NC. The van der Waals surface area contributed by atoms with Crippen LogP contribution in [0.1, 0.15) is 20.3 Å². The van der Waals surface area contributed by atoms with E-state index >= 15 is 0 Å².